The van der Waals surface area contributed by atoms with Gasteiger partial charge in [-0.05, 0) is 67.6 Å². The van der Waals surface area contributed by atoms with Crippen molar-refractivity contribution in [3.8, 4) is 0 Å². The first-order valence-electron chi connectivity index (χ1n) is 8.80. The molecule has 6 unspecified atom stereocenters. The van der Waals surface area contributed by atoms with Crippen LogP contribution in [0.4, 0.5) is 0 Å². The van der Waals surface area contributed by atoms with Crippen molar-refractivity contribution in [2.75, 3.05) is 6.61 Å². The SMILES string of the molecule is CCC1CC(C)CCC1C1CCC(CO)CC1CC. The van der Waals surface area contributed by atoms with Crippen LogP contribution >= 0.6 is 0 Å². The van der Waals surface area contributed by atoms with Gasteiger partial charge in [0.15, 0.2) is 0 Å². The zero-order valence-electron chi connectivity index (χ0n) is 13.3. The van der Waals surface area contributed by atoms with Crippen LogP contribution in [0.15, 0.2) is 0 Å². The first-order chi connectivity index (χ1) is 9.19. The average molecular weight is 266 g/mol. The Morgan fingerprint density at radius 2 is 1.42 bits per heavy atom. The van der Waals surface area contributed by atoms with Gasteiger partial charge in [0.1, 0.15) is 0 Å². The van der Waals surface area contributed by atoms with Crippen molar-refractivity contribution in [1.29, 1.82) is 0 Å². The maximum absolute atomic E-state index is 9.43. The van der Waals surface area contributed by atoms with Crippen LogP contribution in [0.3, 0.4) is 0 Å². The molecule has 19 heavy (non-hydrogen) atoms. The highest BCUT2D eigenvalue weighted by molar-refractivity contribution is 4.89. The quantitative estimate of drug-likeness (QED) is 0.768. The van der Waals surface area contributed by atoms with Crippen molar-refractivity contribution in [3.05, 3.63) is 0 Å². The van der Waals surface area contributed by atoms with E-state index in [1.807, 2.05) is 0 Å². The summed E-state index contributed by atoms with van der Waals surface area (Å²) in [5, 5.41) is 9.43. The lowest BCUT2D eigenvalue weighted by Gasteiger charge is -2.45. The summed E-state index contributed by atoms with van der Waals surface area (Å²) in [5.74, 6) is 5.38. The van der Waals surface area contributed by atoms with Gasteiger partial charge in [0.05, 0.1) is 0 Å². The molecule has 2 saturated carbocycles. The lowest BCUT2D eigenvalue weighted by atomic mass is 9.60. The minimum atomic E-state index is 0.419. The molecule has 0 radical (unpaired) electrons. The molecule has 0 aliphatic heterocycles. The van der Waals surface area contributed by atoms with Crippen LogP contribution in [0.5, 0.6) is 0 Å². The van der Waals surface area contributed by atoms with Gasteiger partial charge in [-0.25, -0.2) is 0 Å². The molecule has 1 nitrogen and oxygen atoms in total. The van der Waals surface area contributed by atoms with Gasteiger partial charge < -0.3 is 5.11 Å². The second-order valence-corrected chi connectivity index (χ2v) is 7.44. The Morgan fingerprint density at radius 1 is 0.842 bits per heavy atom. The van der Waals surface area contributed by atoms with Gasteiger partial charge in [-0.1, -0.05) is 40.0 Å². The van der Waals surface area contributed by atoms with E-state index in [4.69, 9.17) is 0 Å². The Morgan fingerprint density at radius 3 is 2.00 bits per heavy atom. The number of hydrogen-bond acceptors (Lipinski definition) is 1. The van der Waals surface area contributed by atoms with Gasteiger partial charge in [-0.2, -0.15) is 0 Å². The summed E-state index contributed by atoms with van der Waals surface area (Å²) in [7, 11) is 0. The number of aliphatic hydroxyl groups excluding tert-OH is 1. The van der Waals surface area contributed by atoms with Gasteiger partial charge in [-0.3, -0.25) is 0 Å². The zero-order valence-corrected chi connectivity index (χ0v) is 13.3. The molecule has 2 fully saturated rings. The van der Waals surface area contributed by atoms with Crippen molar-refractivity contribution in [1.82, 2.24) is 0 Å². The van der Waals surface area contributed by atoms with E-state index in [1.165, 1.54) is 51.4 Å². The molecule has 0 spiro atoms. The molecule has 6 atom stereocenters. The molecule has 0 amide bonds. The van der Waals surface area contributed by atoms with Gasteiger partial charge in [-0.15, -0.1) is 0 Å². The molecule has 2 aliphatic rings. The smallest absolute Gasteiger partial charge is 0.0459 e. The van der Waals surface area contributed by atoms with Crippen molar-refractivity contribution in [3.63, 3.8) is 0 Å². The topological polar surface area (TPSA) is 20.2 Å². The first-order valence-corrected chi connectivity index (χ1v) is 8.80. The normalized spacial score (nSPS) is 44.2. The number of hydrogen-bond donors (Lipinski definition) is 1. The van der Waals surface area contributed by atoms with E-state index >= 15 is 0 Å². The summed E-state index contributed by atoms with van der Waals surface area (Å²) in [6, 6.07) is 0. The second kappa shape index (κ2) is 7.11. The Kier molecular flexibility index (Phi) is 5.74. The van der Waals surface area contributed by atoms with Crippen molar-refractivity contribution in [2.45, 2.75) is 72.1 Å². The molecule has 1 heteroatoms. The summed E-state index contributed by atoms with van der Waals surface area (Å²) in [6.07, 6.45) is 11.1. The van der Waals surface area contributed by atoms with E-state index in [2.05, 4.69) is 20.8 Å². The van der Waals surface area contributed by atoms with Crippen LogP contribution in [0, 0.1) is 35.5 Å². The van der Waals surface area contributed by atoms with Gasteiger partial charge in [0.2, 0.25) is 0 Å². The third-order valence-corrected chi connectivity index (χ3v) is 6.31. The van der Waals surface area contributed by atoms with Crippen LogP contribution in [0.1, 0.15) is 72.1 Å². The Balaban J connectivity index is 2.02. The van der Waals surface area contributed by atoms with E-state index in [1.54, 1.807) is 0 Å². The molecular weight excluding hydrogens is 232 g/mol. The second-order valence-electron chi connectivity index (χ2n) is 7.44. The monoisotopic (exact) mass is 266 g/mol. The molecule has 0 aromatic rings. The molecule has 1 N–H and O–H groups in total. The van der Waals surface area contributed by atoms with Crippen LogP contribution in [0.2, 0.25) is 0 Å². The Hall–Kier alpha value is -0.0400. The van der Waals surface area contributed by atoms with Crippen molar-refractivity contribution < 1.29 is 5.11 Å². The molecular formula is C18H34O. The zero-order chi connectivity index (χ0) is 13.8. The fraction of sp³-hybridized carbons (Fsp3) is 1.00. The average Bonchev–Trinajstić information content (AvgIpc) is 2.46. The largest absolute Gasteiger partial charge is 0.396 e. The Bertz CT molecular complexity index is 262. The van der Waals surface area contributed by atoms with Gasteiger partial charge in [0, 0.05) is 6.61 Å². The standard InChI is InChI=1S/C18H34O/c1-4-15-10-13(3)6-8-17(15)18-9-7-14(12-19)11-16(18)5-2/h13-19H,4-12H2,1-3H3. The van der Waals surface area contributed by atoms with Crippen molar-refractivity contribution in [2.24, 2.45) is 35.5 Å². The van der Waals surface area contributed by atoms with E-state index < -0.39 is 0 Å². The molecule has 0 heterocycles. The molecule has 0 aromatic heterocycles. The van der Waals surface area contributed by atoms with Crippen LogP contribution < -0.4 is 0 Å². The highest BCUT2D eigenvalue weighted by Crippen LogP contribution is 2.48. The first kappa shape index (κ1) is 15.4. The summed E-state index contributed by atoms with van der Waals surface area (Å²) in [4.78, 5) is 0. The Labute approximate surface area is 120 Å². The molecule has 112 valence electrons. The lowest BCUT2D eigenvalue weighted by Crippen LogP contribution is -2.37. The predicted octanol–water partition coefficient (Wildman–Crippen LogP) is 4.88. The summed E-state index contributed by atoms with van der Waals surface area (Å²) in [6.45, 7) is 7.63. The highest BCUT2D eigenvalue weighted by atomic mass is 16.3. The van der Waals surface area contributed by atoms with E-state index in [-0.39, 0.29) is 0 Å². The maximum atomic E-state index is 9.43. The third-order valence-electron chi connectivity index (χ3n) is 6.31. The fourth-order valence-electron chi connectivity index (χ4n) is 5.14. The van der Waals surface area contributed by atoms with Gasteiger partial charge >= 0.3 is 0 Å². The highest BCUT2D eigenvalue weighted by Gasteiger charge is 2.39. The van der Waals surface area contributed by atoms with Crippen LogP contribution in [-0.2, 0) is 0 Å². The number of aliphatic hydroxyl groups is 1. The molecule has 2 aliphatic carbocycles. The predicted molar refractivity (Wildman–Crippen MR) is 82.0 cm³/mol. The maximum Gasteiger partial charge on any atom is 0.0459 e. The summed E-state index contributed by atoms with van der Waals surface area (Å²) >= 11 is 0. The van der Waals surface area contributed by atoms with Gasteiger partial charge in [0.25, 0.3) is 0 Å². The molecule has 0 saturated heterocycles. The summed E-state index contributed by atoms with van der Waals surface area (Å²) < 4.78 is 0. The van der Waals surface area contributed by atoms with E-state index in [0.717, 1.165) is 29.6 Å². The minimum Gasteiger partial charge on any atom is -0.396 e. The minimum absolute atomic E-state index is 0.419. The van der Waals surface area contributed by atoms with Crippen molar-refractivity contribution >= 4 is 0 Å². The molecule has 0 bridgehead atoms. The summed E-state index contributed by atoms with van der Waals surface area (Å²) in [5.41, 5.74) is 0. The van der Waals surface area contributed by atoms with E-state index in [0.29, 0.717) is 12.5 Å². The lowest BCUT2D eigenvalue weighted by molar-refractivity contribution is 0.0328. The van der Waals surface area contributed by atoms with Crippen LogP contribution in [0.25, 0.3) is 0 Å². The molecule has 0 aromatic carbocycles. The van der Waals surface area contributed by atoms with Crippen LogP contribution in [-0.4, -0.2) is 11.7 Å². The van der Waals surface area contributed by atoms with E-state index in [9.17, 15) is 5.11 Å². The third kappa shape index (κ3) is 3.54. The number of rotatable bonds is 4. The molecule has 2 rings (SSSR count). The fourth-order valence-corrected chi connectivity index (χ4v) is 5.14.